The zero-order valence-corrected chi connectivity index (χ0v) is 36.4. The van der Waals surface area contributed by atoms with Crippen LogP contribution in [0.5, 0.6) is 11.5 Å². The summed E-state index contributed by atoms with van der Waals surface area (Å²) in [6.07, 6.45) is 3.95. The maximum Gasteiger partial charge on any atom is 0.331 e. The van der Waals surface area contributed by atoms with Gasteiger partial charge in [0.1, 0.15) is 30.2 Å². The largest absolute Gasteiger partial charge is 0.497 e. The monoisotopic (exact) mass is 870 g/mol. The van der Waals surface area contributed by atoms with Crippen LogP contribution in [-0.2, 0) is 50.1 Å². The fourth-order valence-corrected chi connectivity index (χ4v) is 7.79. The van der Waals surface area contributed by atoms with Crippen LogP contribution >= 0.6 is 0 Å². The quantitative estimate of drug-likeness (QED) is 0.122. The Morgan fingerprint density at radius 2 is 1.02 bits per heavy atom. The molecule has 2 aromatic heterocycles. The Balaban J connectivity index is 0.000000193. The lowest BCUT2D eigenvalue weighted by atomic mass is 10.1. The highest BCUT2D eigenvalue weighted by Crippen LogP contribution is 2.33. The normalized spacial score (nSPS) is 14.5. The predicted octanol–water partition coefficient (Wildman–Crippen LogP) is 7.44. The van der Waals surface area contributed by atoms with Gasteiger partial charge < -0.3 is 28.5 Å². The van der Waals surface area contributed by atoms with Crippen molar-refractivity contribution >= 4 is 69.0 Å². The van der Waals surface area contributed by atoms with Crippen molar-refractivity contribution < 1.29 is 48.1 Å². The molecule has 0 radical (unpaired) electrons. The lowest BCUT2D eigenvalue weighted by Crippen LogP contribution is -2.52. The first-order valence-electron chi connectivity index (χ1n) is 20.7. The fourth-order valence-electron chi connectivity index (χ4n) is 7.79. The number of anilines is 2. The zero-order chi connectivity index (χ0) is 45.7. The minimum Gasteiger partial charge on any atom is -0.497 e. The molecule has 8 rings (SSSR count). The standard InChI is InChI=1S/C26H29N3O5.C22H21N3O5/c1-26(2,3)34-24(31)17-27-14-12-20-21(27)6-5-7-22(20)28-15-13-23(30)29(25(28)32)16-18-8-10-19(33-4)11-9-18;1-30-16-7-5-15(6-8-16)13-25-20(26)10-12-24(22(25)29)19-4-2-3-18-17(19)9-11-23(18)14-21(27)28/h5-12,14H,13,15-17H2,1-4H3;2-9,11H,10,12-14H2,1H3,(H,27,28). The van der Waals surface area contributed by atoms with Gasteiger partial charge >= 0.3 is 24.0 Å². The van der Waals surface area contributed by atoms with Crippen LogP contribution in [0.1, 0.15) is 44.7 Å². The van der Waals surface area contributed by atoms with Crippen LogP contribution in [0.2, 0.25) is 0 Å². The Morgan fingerprint density at radius 1 is 0.594 bits per heavy atom. The molecule has 1 N–H and O–H groups in total. The van der Waals surface area contributed by atoms with Crippen molar-refractivity contribution in [3.63, 3.8) is 0 Å². The molecule has 6 amide bonds. The number of carbonyl (C=O) groups is 6. The molecule has 2 fully saturated rings. The first-order valence-corrected chi connectivity index (χ1v) is 20.7. The molecular formula is C48H50N6O10. The molecule has 2 aliphatic rings. The van der Waals surface area contributed by atoms with Gasteiger partial charge in [-0.05, 0) is 92.6 Å². The molecule has 0 saturated carbocycles. The number of benzene rings is 4. The summed E-state index contributed by atoms with van der Waals surface area (Å²) in [7, 11) is 3.17. The van der Waals surface area contributed by atoms with Gasteiger partial charge in [-0.25, -0.2) is 9.59 Å². The number of urea groups is 2. The van der Waals surface area contributed by atoms with Gasteiger partial charge in [-0.3, -0.25) is 38.8 Å². The molecule has 2 saturated heterocycles. The van der Waals surface area contributed by atoms with E-state index in [1.54, 1.807) is 71.2 Å². The van der Waals surface area contributed by atoms with E-state index in [-0.39, 0.29) is 75.4 Å². The molecule has 4 aromatic carbocycles. The van der Waals surface area contributed by atoms with Crippen molar-refractivity contribution in [3.05, 3.63) is 121 Å². The minimum atomic E-state index is -0.941. The Hall–Kier alpha value is -7.62. The van der Waals surface area contributed by atoms with E-state index in [1.807, 2.05) is 92.2 Å². The second-order valence-corrected chi connectivity index (χ2v) is 16.3. The Labute approximate surface area is 369 Å². The summed E-state index contributed by atoms with van der Waals surface area (Å²) in [6, 6.07) is 28.5. The molecule has 0 unspecified atom stereocenters. The van der Waals surface area contributed by atoms with Crippen molar-refractivity contribution in [2.24, 2.45) is 0 Å². The third-order valence-electron chi connectivity index (χ3n) is 10.8. The first-order chi connectivity index (χ1) is 30.6. The average Bonchev–Trinajstić information content (AvgIpc) is 3.87. The van der Waals surface area contributed by atoms with E-state index in [2.05, 4.69) is 0 Å². The Kier molecular flexibility index (Phi) is 13.0. The average molecular weight is 871 g/mol. The van der Waals surface area contributed by atoms with E-state index in [1.165, 1.54) is 9.80 Å². The molecular weight excluding hydrogens is 821 g/mol. The first kappa shape index (κ1) is 44.4. The number of methoxy groups -OCH3 is 2. The molecule has 0 spiro atoms. The van der Waals surface area contributed by atoms with E-state index in [0.29, 0.717) is 29.4 Å². The van der Waals surface area contributed by atoms with Crippen LogP contribution in [0.25, 0.3) is 21.8 Å². The number of hydrogen-bond acceptors (Lipinski definition) is 9. The van der Waals surface area contributed by atoms with Gasteiger partial charge in [0.25, 0.3) is 0 Å². The molecule has 0 bridgehead atoms. The van der Waals surface area contributed by atoms with Crippen molar-refractivity contribution in [3.8, 4) is 11.5 Å². The van der Waals surface area contributed by atoms with E-state index < -0.39 is 11.6 Å². The topological polar surface area (TPSA) is 173 Å². The second kappa shape index (κ2) is 18.8. The van der Waals surface area contributed by atoms with Crippen LogP contribution in [0.3, 0.4) is 0 Å². The Bertz CT molecular complexity index is 2720. The number of rotatable bonds is 12. The van der Waals surface area contributed by atoms with Crippen LogP contribution in [0.15, 0.2) is 109 Å². The highest BCUT2D eigenvalue weighted by atomic mass is 16.6. The van der Waals surface area contributed by atoms with Crippen molar-refractivity contribution in [1.29, 1.82) is 0 Å². The van der Waals surface area contributed by atoms with E-state index >= 15 is 0 Å². The number of carboxylic acids is 1. The number of esters is 1. The second-order valence-electron chi connectivity index (χ2n) is 16.3. The molecule has 4 heterocycles. The number of carbonyl (C=O) groups excluding carboxylic acids is 5. The van der Waals surface area contributed by atoms with Crippen LogP contribution in [-0.4, -0.2) is 92.8 Å². The number of carboxylic acid groups (broad SMARTS) is 1. The van der Waals surface area contributed by atoms with Gasteiger partial charge in [0.05, 0.1) is 49.7 Å². The van der Waals surface area contributed by atoms with Crippen molar-refractivity contribution in [1.82, 2.24) is 18.9 Å². The number of aliphatic carboxylic acids is 1. The Morgan fingerprint density at radius 3 is 1.41 bits per heavy atom. The maximum absolute atomic E-state index is 13.4. The zero-order valence-electron chi connectivity index (χ0n) is 36.4. The lowest BCUT2D eigenvalue weighted by Gasteiger charge is -2.34. The summed E-state index contributed by atoms with van der Waals surface area (Å²) in [4.78, 5) is 80.9. The summed E-state index contributed by atoms with van der Waals surface area (Å²) < 4.78 is 19.2. The van der Waals surface area contributed by atoms with E-state index in [9.17, 15) is 28.8 Å². The number of aromatic nitrogens is 2. The molecule has 2 aliphatic heterocycles. The SMILES string of the molecule is COc1ccc(CN2C(=O)CCN(c3cccc4c3ccn4CC(=O)O)C2=O)cc1.COc1ccc(CN2C(=O)CCN(c3cccc4c3ccn4CC(=O)OC(C)(C)C)C2=O)cc1. The lowest BCUT2D eigenvalue weighted by molar-refractivity contribution is -0.155. The number of fused-ring (bicyclic) bond motifs is 2. The van der Waals surface area contributed by atoms with Gasteiger partial charge in [-0.2, -0.15) is 0 Å². The predicted molar refractivity (Wildman–Crippen MR) is 239 cm³/mol. The van der Waals surface area contributed by atoms with E-state index in [0.717, 1.165) is 32.9 Å². The van der Waals surface area contributed by atoms with Gasteiger partial charge in [0.15, 0.2) is 0 Å². The van der Waals surface area contributed by atoms with Crippen molar-refractivity contribution in [2.45, 2.75) is 65.4 Å². The molecule has 332 valence electrons. The number of nitrogens with zero attached hydrogens (tertiary/aromatic N) is 6. The molecule has 0 atom stereocenters. The van der Waals surface area contributed by atoms with Gasteiger partial charge in [0, 0.05) is 49.1 Å². The van der Waals surface area contributed by atoms with E-state index in [4.69, 9.17) is 19.3 Å². The van der Waals surface area contributed by atoms with Gasteiger partial charge in [-0.15, -0.1) is 0 Å². The smallest absolute Gasteiger partial charge is 0.331 e. The molecule has 6 aromatic rings. The third-order valence-corrected chi connectivity index (χ3v) is 10.8. The third kappa shape index (κ3) is 9.86. The number of hydrogen-bond donors (Lipinski definition) is 1. The van der Waals surface area contributed by atoms with Gasteiger partial charge in [-0.1, -0.05) is 36.4 Å². The summed E-state index contributed by atoms with van der Waals surface area (Å²) in [5.41, 5.74) is 4.00. The number of amides is 6. The highest BCUT2D eigenvalue weighted by Gasteiger charge is 2.35. The molecule has 16 heteroatoms. The summed E-state index contributed by atoms with van der Waals surface area (Å²) in [5, 5.41) is 10.7. The minimum absolute atomic E-state index is 0.0697. The van der Waals surface area contributed by atoms with Crippen molar-refractivity contribution in [2.75, 3.05) is 37.1 Å². The number of ether oxygens (including phenoxy) is 3. The van der Waals surface area contributed by atoms with Crippen LogP contribution in [0, 0.1) is 0 Å². The molecule has 64 heavy (non-hydrogen) atoms. The van der Waals surface area contributed by atoms with Gasteiger partial charge in [0.2, 0.25) is 11.8 Å². The molecule has 16 nitrogen and oxygen atoms in total. The number of imide groups is 2. The maximum atomic E-state index is 13.4. The van der Waals surface area contributed by atoms with Crippen LogP contribution < -0.4 is 19.3 Å². The molecule has 0 aliphatic carbocycles. The summed E-state index contributed by atoms with van der Waals surface area (Å²) in [6.45, 7) is 6.34. The summed E-state index contributed by atoms with van der Waals surface area (Å²) >= 11 is 0. The summed E-state index contributed by atoms with van der Waals surface area (Å²) in [5.74, 6) is -0.281. The highest BCUT2D eigenvalue weighted by molar-refractivity contribution is 6.11. The van der Waals surface area contributed by atoms with Crippen LogP contribution in [0.4, 0.5) is 21.0 Å². The fraction of sp³-hybridized carbons (Fsp3) is 0.292.